The molecule has 0 spiro atoms. The Morgan fingerprint density at radius 3 is 1.74 bits per heavy atom. The van der Waals surface area contributed by atoms with Crippen molar-refractivity contribution in [3.8, 4) is 0 Å². The lowest BCUT2D eigenvalue weighted by Crippen LogP contribution is -2.44. The van der Waals surface area contributed by atoms with Gasteiger partial charge in [0.25, 0.3) is 0 Å². The highest BCUT2D eigenvalue weighted by Gasteiger charge is 2.23. The molecule has 14 heteroatoms. The average molecular weight is 488 g/mol. The molecule has 0 aliphatic rings. The first-order valence-electron chi connectivity index (χ1n) is 10.9. The molecule has 1 atom stereocenters. The highest BCUT2D eigenvalue weighted by Crippen LogP contribution is 2.01. The van der Waals surface area contributed by atoms with Gasteiger partial charge < -0.3 is 36.8 Å². The van der Waals surface area contributed by atoms with Crippen LogP contribution in [0.4, 0.5) is 0 Å². The molecule has 34 heavy (non-hydrogen) atoms. The van der Waals surface area contributed by atoms with Crippen LogP contribution in [0.2, 0.25) is 0 Å². The zero-order chi connectivity index (χ0) is 25.8. The minimum Gasteiger partial charge on any atom is -0.481 e. The largest absolute Gasteiger partial charge is 0.481 e. The van der Waals surface area contributed by atoms with Crippen molar-refractivity contribution in [3.63, 3.8) is 0 Å². The van der Waals surface area contributed by atoms with Crippen molar-refractivity contribution in [2.45, 2.75) is 57.4 Å². The van der Waals surface area contributed by atoms with Gasteiger partial charge in [0.15, 0.2) is 0 Å². The quantitative estimate of drug-likeness (QED) is 0.0734. The first-order valence-corrected chi connectivity index (χ1v) is 10.9. The maximum atomic E-state index is 11.9. The average Bonchev–Trinajstić information content (AvgIpc) is 2.75. The van der Waals surface area contributed by atoms with Gasteiger partial charge in [-0.25, -0.2) is 4.79 Å². The van der Waals surface area contributed by atoms with Crippen molar-refractivity contribution >= 4 is 42.0 Å². The van der Waals surface area contributed by atoms with Crippen LogP contribution in [0.3, 0.4) is 0 Å². The van der Waals surface area contributed by atoms with Crippen LogP contribution in [-0.4, -0.2) is 84.4 Å². The number of hydrogen-bond acceptors (Lipinski definition) is 7. The molecule has 7 N–H and O–H groups in total. The number of amides is 5. The Hall–Kier alpha value is -3.71. The van der Waals surface area contributed by atoms with E-state index >= 15 is 0 Å². The summed E-state index contributed by atoms with van der Waals surface area (Å²) in [4.78, 5) is 78.8. The Kier molecular flexibility index (Phi) is 16.8. The van der Waals surface area contributed by atoms with Crippen LogP contribution in [0.15, 0.2) is 0 Å². The summed E-state index contributed by atoms with van der Waals surface area (Å²) < 4.78 is 0. The second-order valence-corrected chi connectivity index (χ2v) is 7.24. The Labute approximate surface area is 196 Å². The van der Waals surface area contributed by atoms with Crippen LogP contribution >= 0.6 is 0 Å². The van der Waals surface area contributed by atoms with Gasteiger partial charge in [0.1, 0.15) is 6.04 Å². The van der Waals surface area contributed by atoms with Crippen molar-refractivity contribution < 1.29 is 43.8 Å². The van der Waals surface area contributed by atoms with Gasteiger partial charge in [-0.15, -0.1) is 0 Å². The van der Waals surface area contributed by atoms with Gasteiger partial charge in [-0.1, -0.05) is 6.42 Å². The van der Waals surface area contributed by atoms with Crippen molar-refractivity contribution in [3.05, 3.63) is 0 Å². The van der Waals surface area contributed by atoms with Gasteiger partial charge in [-0.3, -0.25) is 28.8 Å². The molecule has 0 saturated carbocycles. The SMILES string of the molecule is O=CNCCCCCC(=O)N[C@@H](CC(=O)NCCC(=O)NCCC(=O)NCCC(=O)O)C(=O)O. The number of hydrogen-bond donors (Lipinski definition) is 7. The van der Waals surface area contributed by atoms with Crippen LogP contribution in [0.1, 0.15) is 51.4 Å². The van der Waals surface area contributed by atoms with Gasteiger partial charge in [-0.2, -0.15) is 0 Å². The molecule has 0 bridgehead atoms. The molecule has 0 saturated heterocycles. The summed E-state index contributed by atoms with van der Waals surface area (Å²) in [6, 6.07) is -1.40. The molecular formula is C20H33N5O9. The van der Waals surface area contributed by atoms with Crippen molar-refractivity contribution in [2.75, 3.05) is 26.2 Å². The van der Waals surface area contributed by atoms with E-state index in [-0.39, 0.29) is 45.3 Å². The van der Waals surface area contributed by atoms with E-state index in [2.05, 4.69) is 26.6 Å². The number of carbonyl (C=O) groups is 7. The predicted molar refractivity (Wildman–Crippen MR) is 117 cm³/mol. The minimum atomic E-state index is -1.40. The van der Waals surface area contributed by atoms with E-state index in [1.807, 2.05) is 0 Å². The number of aliphatic carboxylic acids is 2. The third-order valence-corrected chi connectivity index (χ3v) is 4.34. The van der Waals surface area contributed by atoms with Crippen molar-refractivity contribution in [1.82, 2.24) is 26.6 Å². The molecule has 14 nitrogen and oxygen atoms in total. The van der Waals surface area contributed by atoms with Gasteiger partial charge in [0, 0.05) is 45.4 Å². The topological polar surface area (TPSA) is 220 Å². The summed E-state index contributed by atoms with van der Waals surface area (Å²) >= 11 is 0. The van der Waals surface area contributed by atoms with E-state index in [4.69, 9.17) is 5.11 Å². The molecular weight excluding hydrogens is 454 g/mol. The summed E-state index contributed by atoms with van der Waals surface area (Å²) in [7, 11) is 0. The molecule has 0 aliphatic heterocycles. The predicted octanol–water partition coefficient (Wildman–Crippen LogP) is -2.14. The van der Waals surface area contributed by atoms with Gasteiger partial charge >= 0.3 is 11.9 Å². The number of unbranched alkanes of at least 4 members (excludes halogenated alkanes) is 2. The van der Waals surface area contributed by atoms with E-state index < -0.39 is 48.0 Å². The summed E-state index contributed by atoms with van der Waals surface area (Å²) in [5.74, 6) is -4.41. The van der Waals surface area contributed by atoms with Gasteiger partial charge in [0.05, 0.1) is 12.8 Å². The second kappa shape index (κ2) is 18.8. The number of nitrogens with one attached hydrogen (secondary N) is 5. The van der Waals surface area contributed by atoms with Crippen LogP contribution in [0.5, 0.6) is 0 Å². The Bertz CT molecular complexity index is 715. The van der Waals surface area contributed by atoms with Crippen molar-refractivity contribution in [1.29, 1.82) is 0 Å². The monoisotopic (exact) mass is 487 g/mol. The fourth-order valence-electron chi connectivity index (χ4n) is 2.59. The summed E-state index contributed by atoms with van der Waals surface area (Å²) in [5.41, 5.74) is 0. The molecule has 0 aromatic rings. The maximum absolute atomic E-state index is 11.9. The first-order chi connectivity index (χ1) is 16.1. The maximum Gasteiger partial charge on any atom is 0.326 e. The van der Waals surface area contributed by atoms with Crippen LogP contribution in [0, 0.1) is 0 Å². The fraction of sp³-hybridized carbons (Fsp3) is 0.650. The van der Waals surface area contributed by atoms with Crippen LogP contribution < -0.4 is 26.6 Å². The molecule has 0 aliphatic carbocycles. The molecule has 192 valence electrons. The standard InChI is InChI=1S/C20H33N5O9/c26-13-21-8-3-1-2-4-17(29)25-14(20(33)34)12-18(30)24-10-6-15(27)22-9-5-16(28)23-11-7-19(31)32/h13-14H,1-12H2,(H,21,26)(H,22,27)(H,23,28)(H,24,30)(H,25,29)(H,31,32)(H,33,34)/t14-/m0/s1. The Balaban J connectivity index is 4.05. The van der Waals surface area contributed by atoms with Crippen molar-refractivity contribution in [2.24, 2.45) is 0 Å². The van der Waals surface area contributed by atoms with Gasteiger partial charge in [-0.05, 0) is 12.8 Å². The van der Waals surface area contributed by atoms with E-state index in [9.17, 15) is 38.7 Å². The number of carbonyl (C=O) groups excluding carboxylic acids is 5. The third kappa shape index (κ3) is 17.9. The number of carboxylic acid groups (broad SMARTS) is 2. The van der Waals surface area contributed by atoms with Crippen LogP contribution in [0.25, 0.3) is 0 Å². The molecule has 0 rings (SSSR count). The smallest absolute Gasteiger partial charge is 0.326 e. The van der Waals surface area contributed by atoms with E-state index in [0.29, 0.717) is 32.2 Å². The van der Waals surface area contributed by atoms with E-state index in [1.165, 1.54) is 0 Å². The van der Waals surface area contributed by atoms with E-state index in [0.717, 1.165) is 0 Å². The molecule has 0 fully saturated rings. The van der Waals surface area contributed by atoms with Gasteiger partial charge in [0.2, 0.25) is 30.0 Å². The Morgan fingerprint density at radius 2 is 1.21 bits per heavy atom. The van der Waals surface area contributed by atoms with E-state index in [1.54, 1.807) is 0 Å². The summed E-state index contributed by atoms with van der Waals surface area (Å²) in [5, 5.41) is 29.7. The Morgan fingerprint density at radius 1 is 0.647 bits per heavy atom. The third-order valence-electron chi connectivity index (χ3n) is 4.34. The van der Waals surface area contributed by atoms with Crippen LogP contribution in [-0.2, 0) is 33.6 Å². The molecule has 0 aromatic heterocycles. The normalized spacial score (nSPS) is 10.9. The number of carboxylic acids is 2. The molecule has 0 aromatic carbocycles. The fourth-order valence-corrected chi connectivity index (χ4v) is 2.59. The molecule has 0 unspecified atom stereocenters. The molecule has 0 radical (unpaired) electrons. The molecule has 5 amide bonds. The first kappa shape index (κ1) is 30.3. The summed E-state index contributed by atoms with van der Waals surface area (Å²) in [6.07, 6.45) is 1.69. The zero-order valence-electron chi connectivity index (χ0n) is 18.9. The second-order valence-electron chi connectivity index (χ2n) is 7.24. The molecule has 0 heterocycles. The number of rotatable bonds is 20. The lowest BCUT2D eigenvalue weighted by Gasteiger charge is -2.14. The zero-order valence-corrected chi connectivity index (χ0v) is 18.9. The minimum absolute atomic E-state index is 0.00781. The highest BCUT2D eigenvalue weighted by molar-refractivity contribution is 5.88. The summed E-state index contributed by atoms with van der Waals surface area (Å²) in [6.45, 7) is 0.452. The highest BCUT2D eigenvalue weighted by atomic mass is 16.4. The lowest BCUT2D eigenvalue weighted by molar-refractivity contribution is -0.143. The lowest BCUT2D eigenvalue weighted by atomic mass is 10.1.